The van der Waals surface area contributed by atoms with Crippen LogP contribution in [0.3, 0.4) is 0 Å². The first-order chi connectivity index (χ1) is 11.4. The molecule has 0 spiro atoms. The standard InChI is InChI=1S/C18H16ClN3OS/c1-10-7-11(2)20-17(19)16(10)22-18(23)14-6-4-5-13(8-14)15-9-24-12(3)21-15/h4-9H,1-3H3,(H,22,23). The van der Waals surface area contributed by atoms with Gasteiger partial charge in [0, 0.05) is 22.2 Å². The molecule has 0 aliphatic heterocycles. The molecule has 0 saturated heterocycles. The Balaban J connectivity index is 1.89. The van der Waals surface area contributed by atoms with Crippen molar-refractivity contribution in [3.63, 3.8) is 0 Å². The van der Waals surface area contributed by atoms with E-state index in [9.17, 15) is 4.79 Å². The van der Waals surface area contributed by atoms with Gasteiger partial charge < -0.3 is 5.32 Å². The van der Waals surface area contributed by atoms with E-state index in [1.807, 2.05) is 50.4 Å². The summed E-state index contributed by atoms with van der Waals surface area (Å²) in [6.45, 7) is 5.72. The maximum atomic E-state index is 12.6. The molecule has 24 heavy (non-hydrogen) atoms. The molecule has 1 amide bonds. The Morgan fingerprint density at radius 3 is 2.62 bits per heavy atom. The minimum Gasteiger partial charge on any atom is -0.319 e. The Morgan fingerprint density at radius 1 is 1.17 bits per heavy atom. The van der Waals surface area contributed by atoms with Crippen LogP contribution in [0.25, 0.3) is 11.3 Å². The fourth-order valence-electron chi connectivity index (χ4n) is 2.44. The summed E-state index contributed by atoms with van der Waals surface area (Å²) in [7, 11) is 0. The van der Waals surface area contributed by atoms with Crippen molar-refractivity contribution in [2.24, 2.45) is 0 Å². The van der Waals surface area contributed by atoms with Gasteiger partial charge in [0.15, 0.2) is 5.15 Å². The monoisotopic (exact) mass is 357 g/mol. The van der Waals surface area contributed by atoms with E-state index < -0.39 is 0 Å². The van der Waals surface area contributed by atoms with E-state index in [1.165, 1.54) is 0 Å². The van der Waals surface area contributed by atoms with E-state index in [0.29, 0.717) is 16.4 Å². The molecule has 4 nitrogen and oxygen atoms in total. The molecule has 1 N–H and O–H groups in total. The second-order valence-electron chi connectivity index (χ2n) is 5.53. The highest BCUT2D eigenvalue weighted by Gasteiger charge is 2.13. The molecule has 0 radical (unpaired) electrons. The van der Waals surface area contributed by atoms with Crippen LogP contribution in [0.15, 0.2) is 35.7 Å². The van der Waals surface area contributed by atoms with E-state index in [0.717, 1.165) is 27.5 Å². The van der Waals surface area contributed by atoms with Crippen molar-refractivity contribution in [3.05, 3.63) is 62.7 Å². The minimum absolute atomic E-state index is 0.223. The molecule has 122 valence electrons. The Bertz CT molecular complexity index is 897. The van der Waals surface area contributed by atoms with Crippen molar-refractivity contribution < 1.29 is 4.79 Å². The number of anilines is 1. The lowest BCUT2D eigenvalue weighted by Crippen LogP contribution is -2.14. The molecule has 0 bridgehead atoms. The molecule has 1 aromatic carbocycles. The molecule has 6 heteroatoms. The Labute approximate surface area is 149 Å². The minimum atomic E-state index is -0.223. The van der Waals surface area contributed by atoms with Crippen LogP contribution in [0, 0.1) is 20.8 Å². The third-order valence-corrected chi connectivity index (χ3v) is 4.63. The van der Waals surface area contributed by atoms with Gasteiger partial charge in [-0.25, -0.2) is 9.97 Å². The Morgan fingerprint density at radius 2 is 1.96 bits per heavy atom. The normalized spacial score (nSPS) is 10.7. The average molecular weight is 358 g/mol. The van der Waals surface area contributed by atoms with E-state index in [4.69, 9.17) is 11.6 Å². The molecule has 0 fully saturated rings. The van der Waals surface area contributed by atoms with Crippen LogP contribution >= 0.6 is 22.9 Å². The Kier molecular flexibility index (Phi) is 4.64. The lowest BCUT2D eigenvalue weighted by molar-refractivity contribution is 0.102. The number of thiazole rings is 1. The molecule has 3 rings (SSSR count). The highest BCUT2D eigenvalue weighted by atomic mass is 35.5. The number of hydrogen-bond donors (Lipinski definition) is 1. The third kappa shape index (κ3) is 3.47. The number of benzene rings is 1. The van der Waals surface area contributed by atoms with Gasteiger partial charge in [0.1, 0.15) is 0 Å². The van der Waals surface area contributed by atoms with Gasteiger partial charge in [-0.3, -0.25) is 4.79 Å². The number of halogens is 1. The summed E-state index contributed by atoms with van der Waals surface area (Å²) in [5.41, 5.74) is 4.58. The van der Waals surface area contributed by atoms with Gasteiger partial charge in [-0.1, -0.05) is 23.7 Å². The highest BCUT2D eigenvalue weighted by Crippen LogP contribution is 2.26. The fraction of sp³-hybridized carbons (Fsp3) is 0.167. The number of rotatable bonds is 3. The van der Waals surface area contributed by atoms with Gasteiger partial charge >= 0.3 is 0 Å². The Hall–Kier alpha value is -2.24. The van der Waals surface area contributed by atoms with Crippen molar-refractivity contribution in [2.45, 2.75) is 20.8 Å². The fourth-order valence-corrected chi connectivity index (χ4v) is 3.39. The lowest BCUT2D eigenvalue weighted by Gasteiger charge is -2.11. The summed E-state index contributed by atoms with van der Waals surface area (Å²) >= 11 is 7.75. The number of amides is 1. The summed E-state index contributed by atoms with van der Waals surface area (Å²) in [6, 6.07) is 9.27. The predicted octanol–water partition coefficient (Wildman–Crippen LogP) is 5.04. The van der Waals surface area contributed by atoms with Crippen LogP contribution in [0.2, 0.25) is 5.15 Å². The van der Waals surface area contributed by atoms with Crippen molar-refractivity contribution in [1.29, 1.82) is 0 Å². The molecular weight excluding hydrogens is 342 g/mol. The maximum absolute atomic E-state index is 12.6. The quantitative estimate of drug-likeness (QED) is 0.668. The number of aryl methyl sites for hydroxylation is 3. The molecule has 3 aromatic rings. The second kappa shape index (κ2) is 6.71. The number of carbonyl (C=O) groups is 1. The number of carbonyl (C=O) groups excluding carboxylic acids is 1. The number of aromatic nitrogens is 2. The van der Waals surface area contributed by atoms with E-state index in [1.54, 1.807) is 17.4 Å². The first-order valence-electron chi connectivity index (χ1n) is 7.41. The molecule has 0 unspecified atom stereocenters. The largest absolute Gasteiger partial charge is 0.319 e. The van der Waals surface area contributed by atoms with Crippen LogP contribution in [0.1, 0.15) is 26.6 Å². The van der Waals surface area contributed by atoms with Gasteiger partial charge in [-0.2, -0.15) is 0 Å². The van der Waals surface area contributed by atoms with Gasteiger partial charge in [0.05, 0.1) is 16.4 Å². The zero-order chi connectivity index (χ0) is 17.3. The molecule has 2 aromatic heterocycles. The number of hydrogen-bond acceptors (Lipinski definition) is 4. The smallest absolute Gasteiger partial charge is 0.255 e. The van der Waals surface area contributed by atoms with E-state index in [2.05, 4.69) is 15.3 Å². The topological polar surface area (TPSA) is 54.9 Å². The van der Waals surface area contributed by atoms with Crippen LogP contribution in [0.5, 0.6) is 0 Å². The molecule has 0 atom stereocenters. The zero-order valence-electron chi connectivity index (χ0n) is 13.6. The SMILES string of the molecule is Cc1cc(C)c(NC(=O)c2cccc(-c3csc(C)n3)c2)c(Cl)n1. The van der Waals surface area contributed by atoms with Crippen LogP contribution in [-0.2, 0) is 0 Å². The summed E-state index contributed by atoms with van der Waals surface area (Å²) in [5, 5.41) is 6.13. The zero-order valence-corrected chi connectivity index (χ0v) is 15.1. The molecule has 2 heterocycles. The van der Waals surface area contributed by atoms with E-state index in [-0.39, 0.29) is 5.91 Å². The second-order valence-corrected chi connectivity index (χ2v) is 6.95. The molecule has 0 aliphatic carbocycles. The number of pyridine rings is 1. The van der Waals surface area contributed by atoms with Crippen molar-refractivity contribution in [3.8, 4) is 11.3 Å². The van der Waals surface area contributed by atoms with Crippen molar-refractivity contribution in [2.75, 3.05) is 5.32 Å². The summed E-state index contributed by atoms with van der Waals surface area (Å²) < 4.78 is 0. The lowest BCUT2D eigenvalue weighted by atomic mass is 10.1. The van der Waals surface area contributed by atoms with Crippen LogP contribution < -0.4 is 5.32 Å². The van der Waals surface area contributed by atoms with Gasteiger partial charge in [0.2, 0.25) is 0 Å². The first kappa shape index (κ1) is 16.6. The highest BCUT2D eigenvalue weighted by molar-refractivity contribution is 7.09. The number of nitrogens with one attached hydrogen (secondary N) is 1. The van der Waals surface area contributed by atoms with E-state index >= 15 is 0 Å². The molecule has 0 aliphatic rings. The predicted molar refractivity (Wildman–Crippen MR) is 99.0 cm³/mol. The van der Waals surface area contributed by atoms with Crippen LogP contribution in [-0.4, -0.2) is 15.9 Å². The van der Waals surface area contributed by atoms with Crippen molar-refractivity contribution >= 4 is 34.5 Å². The summed E-state index contributed by atoms with van der Waals surface area (Å²) in [6.07, 6.45) is 0. The van der Waals surface area contributed by atoms with Crippen LogP contribution in [0.4, 0.5) is 5.69 Å². The maximum Gasteiger partial charge on any atom is 0.255 e. The molecular formula is C18H16ClN3OS. The van der Waals surface area contributed by atoms with Crippen molar-refractivity contribution in [1.82, 2.24) is 9.97 Å². The first-order valence-corrected chi connectivity index (χ1v) is 8.67. The summed E-state index contributed by atoms with van der Waals surface area (Å²) in [4.78, 5) is 21.2. The number of nitrogens with zero attached hydrogens (tertiary/aromatic N) is 2. The average Bonchev–Trinajstić information content (AvgIpc) is 2.97. The molecule has 0 saturated carbocycles. The van der Waals surface area contributed by atoms with Gasteiger partial charge in [0.25, 0.3) is 5.91 Å². The van der Waals surface area contributed by atoms with Gasteiger partial charge in [-0.15, -0.1) is 11.3 Å². The summed E-state index contributed by atoms with van der Waals surface area (Å²) in [5.74, 6) is -0.223. The third-order valence-electron chi connectivity index (χ3n) is 3.58. The van der Waals surface area contributed by atoms with Gasteiger partial charge in [-0.05, 0) is 44.5 Å².